The lowest BCUT2D eigenvalue weighted by Gasteiger charge is -2.14. The van der Waals surface area contributed by atoms with Crippen molar-refractivity contribution in [1.29, 1.82) is 0 Å². The number of nitrogens with one attached hydrogen (secondary N) is 1. The summed E-state index contributed by atoms with van der Waals surface area (Å²) < 4.78 is 5.39. The van der Waals surface area contributed by atoms with Gasteiger partial charge in [0.1, 0.15) is 0 Å². The number of carboxylic acid groups (broad SMARTS) is 1. The monoisotopic (exact) mass is 291 g/mol. The van der Waals surface area contributed by atoms with Crippen LogP contribution in [-0.4, -0.2) is 23.6 Å². The maximum atomic E-state index is 12.3. The molecule has 2 rings (SSSR count). The van der Waals surface area contributed by atoms with Gasteiger partial charge in [-0.1, -0.05) is 18.2 Å². The second-order valence-corrected chi connectivity index (χ2v) is 5.33. The maximum absolute atomic E-state index is 12.3. The number of para-hydroxylation sites is 1. The Bertz CT molecular complexity index is 515. The summed E-state index contributed by atoms with van der Waals surface area (Å²) in [5, 5.41) is 11.9. The molecule has 1 fully saturated rings. The van der Waals surface area contributed by atoms with Gasteiger partial charge in [0.15, 0.2) is 0 Å². The van der Waals surface area contributed by atoms with Crippen LogP contribution in [0.4, 0.5) is 5.69 Å². The molecular weight excluding hydrogens is 270 g/mol. The number of carbonyl (C=O) groups is 2. The van der Waals surface area contributed by atoms with Crippen molar-refractivity contribution in [2.75, 3.05) is 11.9 Å². The van der Waals surface area contributed by atoms with Crippen LogP contribution in [0.3, 0.4) is 0 Å². The number of rotatable bonds is 6. The number of anilines is 1. The Morgan fingerprint density at radius 1 is 1.29 bits per heavy atom. The van der Waals surface area contributed by atoms with Crippen molar-refractivity contribution in [2.45, 2.75) is 32.8 Å². The van der Waals surface area contributed by atoms with Gasteiger partial charge in [-0.2, -0.15) is 0 Å². The van der Waals surface area contributed by atoms with Gasteiger partial charge < -0.3 is 15.2 Å². The fraction of sp³-hybridized carbons (Fsp3) is 0.500. The predicted molar refractivity (Wildman–Crippen MR) is 78.9 cm³/mol. The molecular formula is C16H21NO4. The van der Waals surface area contributed by atoms with Crippen LogP contribution in [0.2, 0.25) is 0 Å². The number of hydrogen-bond acceptors (Lipinski definition) is 3. The van der Waals surface area contributed by atoms with Crippen molar-refractivity contribution >= 4 is 17.6 Å². The number of carboxylic acids is 1. The lowest BCUT2D eigenvalue weighted by molar-refractivity contribution is -0.141. The molecule has 5 nitrogen and oxygen atoms in total. The van der Waals surface area contributed by atoms with Crippen molar-refractivity contribution in [2.24, 2.45) is 11.8 Å². The number of ether oxygens (including phenoxy) is 1. The highest BCUT2D eigenvalue weighted by molar-refractivity contribution is 5.93. The summed E-state index contributed by atoms with van der Waals surface area (Å²) in [6.45, 7) is 2.99. The van der Waals surface area contributed by atoms with Gasteiger partial charge in [0.25, 0.3) is 0 Å². The molecule has 114 valence electrons. The van der Waals surface area contributed by atoms with E-state index in [0.29, 0.717) is 32.5 Å². The smallest absolute Gasteiger partial charge is 0.306 e. The number of hydrogen-bond donors (Lipinski definition) is 2. The van der Waals surface area contributed by atoms with E-state index in [1.807, 2.05) is 31.2 Å². The fourth-order valence-electron chi connectivity index (χ4n) is 2.66. The molecule has 1 amide bonds. The Morgan fingerprint density at radius 3 is 2.67 bits per heavy atom. The first-order chi connectivity index (χ1) is 10.1. The molecule has 2 N–H and O–H groups in total. The van der Waals surface area contributed by atoms with E-state index in [1.54, 1.807) is 0 Å². The van der Waals surface area contributed by atoms with Gasteiger partial charge in [0.05, 0.1) is 12.5 Å². The van der Waals surface area contributed by atoms with Gasteiger partial charge in [0, 0.05) is 23.8 Å². The third-order valence-corrected chi connectivity index (χ3v) is 3.89. The minimum Gasteiger partial charge on any atom is -0.481 e. The summed E-state index contributed by atoms with van der Waals surface area (Å²) in [6, 6.07) is 7.52. The Hall–Kier alpha value is -1.88. The average molecular weight is 291 g/mol. The van der Waals surface area contributed by atoms with E-state index in [4.69, 9.17) is 9.84 Å². The van der Waals surface area contributed by atoms with Crippen molar-refractivity contribution in [3.63, 3.8) is 0 Å². The summed E-state index contributed by atoms with van der Waals surface area (Å²) in [4.78, 5) is 23.2. The summed E-state index contributed by atoms with van der Waals surface area (Å²) in [5.74, 6) is -1.50. The van der Waals surface area contributed by atoms with Gasteiger partial charge in [-0.25, -0.2) is 0 Å². The van der Waals surface area contributed by atoms with E-state index in [0.717, 1.165) is 11.3 Å². The quantitative estimate of drug-likeness (QED) is 0.845. The van der Waals surface area contributed by atoms with E-state index in [2.05, 4.69) is 5.32 Å². The number of amides is 1. The largest absolute Gasteiger partial charge is 0.481 e. The van der Waals surface area contributed by atoms with Crippen molar-refractivity contribution in [1.82, 2.24) is 0 Å². The number of carbonyl (C=O) groups excluding carboxylic acids is 1. The summed E-state index contributed by atoms with van der Waals surface area (Å²) >= 11 is 0. The molecule has 1 aromatic rings. The van der Waals surface area contributed by atoms with Crippen molar-refractivity contribution < 1.29 is 19.4 Å². The van der Waals surface area contributed by atoms with Crippen LogP contribution >= 0.6 is 0 Å². The molecule has 0 radical (unpaired) electrons. The maximum Gasteiger partial charge on any atom is 0.306 e. The minimum absolute atomic E-state index is 0.0947. The van der Waals surface area contributed by atoms with Gasteiger partial charge in [-0.05, 0) is 32.3 Å². The molecule has 5 heteroatoms. The minimum atomic E-state index is -0.804. The summed E-state index contributed by atoms with van der Waals surface area (Å²) in [6.07, 6.45) is 1.64. The van der Waals surface area contributed by atoms with E-state index in [1.165, 1.54) is 0 Å². The molecule has 1 saturated carbocycles. The molecule has 0 saturated heterocycles. The molecule has 1 aromatic carbocycles. The second kappa shape index (κ2) is 7.22. The van der Waals surface area contributed by atoms with Gasteiger partial charge in [-0.3, -0.25) is 9.59 Å². The molecule has 0 spiro atoms. The standard InChI is InChI=1S/C16H21NO4/c1-2-21-10-13-5-3-4-6-14(13)17-15(18)11-7-8-12(9-11)16(19)20/h3-6,11-12H,2,7-10H2,1H3,(H,17,18)(H,19,20)/t11-,12+/m1/s1. The van der Waals surface area contributed by atoms with E-state index in [-0.39, 0.29) is 17.7 Å². The normalized spacial score (nSPS) is 21.2. The highest BCUT2D eigenvalue weighted by Gasteiger charge is 2.33. The van der Waals surface area contributed by atoms with Crippen LogP contribution in [0.5, 0.6) is 0 Å². The van der Waals surface area contributed by atoms with Crippen LogP contribution in [0.25, 0.3) is 0 Å². The zero-order valence-corrected chi connectivity index (χ0v) is 12.2. The van der Waals surface area contributed by atoms with Gasteiger partial charge in [0.2, 0.25) is 5.91 Å². The number of aliphatic carboxylic acids is 1. The van der Waals surface area contributed by atoms with Crippen molar-refractivity contribution in [3.8, 4) is 0 Å². The van der Waals surface area contributed by atoms with Crippen LogP contribution in [0.1, 0.15) is 31.7 Å². The Balaban J connectivity index is 1.98. The third-order valence-electron chi connectivity index (χ3n) is 3.89. The topological polar surface area (TPSA) is 75.6 Å². The fourth-order valence-corrected chi connectivity index (χ4v) is 2.66. The Morgan fingerprint density at radius 2 is 2.00 bits per heavy atom. The molecule has 0 bridgehead atoms. The zero-order chi connectivity index (χ0) is 15.2. The van der Waals surface area contributed by atoms with Gasteiger partial charge >= 0.3 is 5.97 Å². The van der Waals surface area contributed by atoms with Crippen LogP contribution < -0.4 is 5.32 Å². The molecule has 21 heavy (non-hydrogen) atoms. The highest BCUT2D eigenvalue weighted by atomic mass is 16.5. The molecule has 0 aromatic heterocycles. The lowest BCUT2D eigenvalue weighted by atomic mass is 10.0. The van der Waals surface area contributed by atoms with Crippen LogP contribution in [0.15, 0.2) is 24.3 Å². The van der Waals surface area contributed by atoms with E-state index >= 15 is 0 Å². The Kier molecular flexibility index (Phi) is 5.33. The highest BCUT2D eigenvalue weighted by Crippen LogP contribution is 2.32. The molecule has 0 aliphatic heterocycles. The third kappa shape index (κ3) is 4.04. The molecule has 0 unspecified atom stereocenters. The van der Waals surface area contributed by atoms with Crippen LogP contribution in [-0.2, 0) is 20.9 Å². The predicted octanol–water partition coefficient (Wildman–Crippen LogP) is 2.66. The molecule has 1 aliphatic rings. The first-order valence-electron chi connectivity index (χ1n) is 7.31. The summed E-state index contributed by atoms with van der Waals surface area (Å²) in [5.41, 5.74) is 1.68. The summed E-state index contributed by atoms with van der Waals surface area (Å²) in [7, 11) is 0. The molecule has 2 atom stereocenters. The molecule has 0 heterocycles. The lowest BCUT2D eigenvalue weighted by Crippen LogP contribution is -2.22. The number of benzene rings is 1. The van der Waals surface area contributed by atoms with E-state index in [9.17, 15) is 9.59 Å². The van der Waals surface area contributed by atoms with Crippen LogP contribution in [0, 0.1) is 11.8 Å². The first-order valence-corrected chi connectivity index (χ1v) is 7.31. The average Bonchev–Trinajstić information content (AvgIpc) is 2.96. The Labute approximate surface area is 124 Å². The molecule has 1 aliphatic carbocycles. The van der Waals surface area contributed by atoms with Crippen molar-refractivity contribution in [3.05, 3.63) is 29.8 Å². The van der Waals surface area contributed by atoms with E-state index < -0.39 is 5.97 Å². The van der Waals surface area contributed by atoms with Gasteiger partial charge in [-0.15, -0.1) is 0 Å². The zero-order valence-electron chi connectivity index (χ0n) is 12.2. The SMILES string of the molecule is CCOCc1ccccc1NC(=O)[C@@H]1CC[C@H](C(=O)O)C1. The first kappa shape index (κ1) is 15.5. The second-order valence-electron chi connectivity index (χ2n) is 5.33.